The zero-order valence-corrected chi connectivity index (χ0v) is 17.5. The standard InChI is InChI=1S/C24H39NO2/c1-4-6-7-8-9-10-11-12-13-17-20-25(3,21-24(26)27)23(5-2)22-18-15-14-16-19-22/h5,14-16,18-19,23H,2,4,6-13,17,20-21H2,1,3H3. The lowest BCUT2D eigenvalue weighted by Gasteiger charge is -2.41. The Kier molecular flexibility index (Phi) is 11.8. The van der Waals surface area contributed by atoms with Crippen LogP contribution in [0.3, 0.4) is 0 Å². The molecule has 0 amide bonds. The van der Waals surface area contributed by atoms with Crippen LogP contribution in [0.5, 0.6) is 0 Å². The number of carboxylic acid groups (broad SMARTS) is 1. The highest BCUT2D eigenvalue weighted by Gasteiger charge is 2.31. The molecule has 1 aromatic carbocycles. The van der Waals surface area contributed by atoms with Crippen molar-refractivity contribution in [2.45, 2.75) is 77.2 Å². The first-order valence-corrected chi connectivity index (χ1v) is 10.7. The number of aliphatic carboxylic acids is 1. The van der Waals surface area contributed by atoms with Crippen molar-refractivity contribution in [1.82, 2.24) is 0 Å². The number of carbonyl (C=O) groups is 1. The van der Waals surface area contributed by atoms with Gasteiger partial charge in [-0.2, -0.15) is 0 Å². The molecular formula is C24H39NO2. The average Bonchev–Trinajstić information content (AvgIpc) is 2.64. The van der Waals surface area contributed by atoms with E-state index in [-0.39, 0.29) is 12.6 Å². The van der Waals surface area contributed by atoms with E-state index < -0.39 is 5.97 Å². The van der Waals surface area contributed by atoms with Gasteiger partial charge in [-0.3, -0.25) is 0 Å². The summed E-state index contributed by atoms with van der Waals surface area (Å²) in [7, 11) is 2.02. The molecule has 2 unspecified atom stereocenters. The van der Waals surface area contributed by atoms with Crippen LogP contribution in [-0.2, 0) is 4.79 Å². The Bertz CT molecular complexity index is 528. The topological polar surface area (TPSA) is 40.1 Å². The summed E-state index contributed by atoms with van der Waals surface area (Å²) in [5.74, 6) is -0.993. The van der Waals surface area contributed by atoms with Crippen LogP contribution in [0.15, 0.2) is 43.0 Å². The van der Waals surface area contributed by atoms with Crippen molar-refractivity contribution in [3.63, 3.8) is 0 Å². The minimum Gasteiger partial charge on any atom is -0.544 e. The summed E-state index contributed by atoms with van der Waals surface area (Å²) in [6.45, 7) is 7.08. The Morgan fingerprint density at radius 3 is 2.00 bits per heavy atom. The number of hydrogen-bond acceptors (Lipinski definition) is 2. The van der Waals surface area contributed by atoms with Crippen LogP contribution in [0.25, 0.3) is 0 Å². The van der Waals surface area contributed by atoms with E-state index in [1.54, 1.807) is 0 Å². The van der Waals surface area contributed by atoms with Gasteiger partial charge < -0.3 is 14.4 Å². The van der Waals surface area contributed by atoms with Crippen LogP contribution in [-0.4, -0.2) is 30.6 Å². The van der Waals surface area contributed by atoms with Crippen LogP contribution in [0.4, 0.5) is 0 Å². The van der Waals surface area contributed by atoms with Gasteiger partial charge in [-0.05, 0) is 18.9 Å². The van der Waals surface area contributed by atoms with Gasteiger partial charge in [-0.25, -0.2) is 0 Å². The molecule has 3 nitrogen and oxygen atoms in total. The SMILES string of the molecule is C=CC(c1ccccc1)[N+](C)(CCCCCCCCCCCC)CC(=O)[O-]. The summed E-state index contributed by atoms with van der Waals surface area (Å²) in [4.78, 5) is 11.4. The summed E-state index contributed by atoms with van der Waals surface area (Å²) >= 11 is 0. The average molecular weight is 374 g/mol. The molecule has 2 atom stereocenters. The van der Waals surface area contributed by atoms with E-state index in [4.69, 9.17) is 0 Å². The predicted octanol–water partition coefficient (Wildman–Crippen LogP) is 5.03. The smallest absolute Gasteiger partial charge is 0.133 e. The maximum absolute atomic E-state index is 11.4. The molecule has 0 fully saturated rings. The third-order valence-corrected chi connectivity index (χ3v) is 5.55. The van der Waals surface area contributed by atoms with Crippen molar-refractivity contribution in [3.8, 4) is 0 Å². The highest BCUT2D eigenvalue weighted by Crippen LogP contribution is 2.28. The van der Waals surface area contributed by atoms with E-state index in [9.17, 15) is 9.90 Å². The number of rotatable bonds is 16. The maximum atomic E-state index is 11.4. The molecule has 0 aliphatic carbocycles. The van der Waals surface area contributed by atoms with Gasteiger partial charge in [0.1, 0.15) is 12.6 Å². The lowest BCUT2D eigenvalue weighted by Crippen LogP contribution is -2.53. The normalized spacial score (nSPS) is 14.4. The molecule has 152 valence electrons. The van der Waals surface area contributed by atoms with Crippen molar-refractivity contribution in [2.75, 3.05) is 20.1 Å². The Morgan fingerprint density at radius 1 is 1.00 bits per heavy atom. The molecule has 0 radical (unpaired) electrons. The van der Waals surface area contributed by atoms with E-state index in [2.05, 4.69) is 25.6 Å². The number of nitrogens with zero attached hydrogens (tertiary/aromatic N) is 1. The molecule has 3 heteroatoms. The van der Waals surface area contributed by atoms with Crippen LogP contribution in [0, 0.1) is 0 Å². The van der Waals surface area contributed by atoms with E-state index >= 15 is 0 Å². The lowest BCUT2D eigenvalue weighted by atomic mass is 10.0. The monoisotopic (exact) mass is 373 g/mol. The summed E-state index contributed by atoms with van der Waals surface area (Å²) < 4.78 is 0.423. The zero-order chi connectivity index (χ0) is 20.0. The second kappa shape index (κ2) is 13.5. The highest BCUT2D eigenvalue weighted by atomic mass is 16.4. The fourth-order valence-electron chi connectivity index (χ4n) is 3.97. The molecule has 0 bridgehead atoms. The zero-order valence-electron chi connectivity index (χ0n) is 17.5. The summed E-state index contributed by atoms with van der Waals surface area (Å²) in [5.41, 5.74) is 1.11. The van der Waals surface area contributed by atoms with Gasteiger partial charge in [0.2, 0.25) is 0 Å². The van der Waals surface area contributed by atoms with Gasteiger partial charge in [0.05, 0.1) is 19.6 Å². The second-order valence-corrected chi connectivity index (χ2v) is 8.01. The predicted molar refractivity (Wildman–Crippen MR) is 112 cm³/mol. The Balaban J connectivity index is 2.45. The Hall–Kier alpha value is -1.61. The molecule has 0 spiro atoms. The fraction of sp³-hybridized carbons (Fsp3) is 0.625. The summed E-state index contributed by atoms with van der Waals surface area (Å²) in [6.07, 6.45) is 14.7. The van der Waals surface area contributed by atoms with Crippen molar-refractivity contribution < 1.29 is 14.4 Å². The van der Waals surface area contributed by atoms with Gasteiger partial charge >= 0.3 is 0 Å². The van der Waals surface area contributed by atoms with Gasteiger partial charge in [0.25, 0.3) is 0 Å². The molecular weight excluding hydrogens is 334 g/mol. The Morgan fingerprint density at radius 2 is 1.52 bits per heavy atom. The summed E-state index contributed by atoms with van der Waals surface area (Å²) in [5, 5.41) is 11.4. The van der Waals surface area contributed by atoms with Crippen molar-refractivity contribution in [2.24, 2.45) is 0 Å². The van der Waals surface area contributed by atoms with Gasteiger partial charge in [0, 0.05) is 5.56 Å². The number of quaternary nitrogens is 1. The van der Waals surface area contributed by atoms with Gasteiger partial charge in [-0.15, -0.1) is 0 Å². The van der Waals surface area contributed by atoms with Crippen molar-refractivity contribution in [3.05, 3.63) is 48.6 Å². The minimum atomic E-state index is -0.993. The largest absolute Gasteiger partial charge is 0.544 e. The molecule has 0 heterocycles. The maximum Gasteiger partial charge on any atom is 0.133 e. The molecule has 0 aromatic heterocycles. The third-order valence-electron chi connectivity index (χ3n) is 5.55. The van der Waals surface area contributed by atoms with E-state index in [0.29, 0.717) is 4.48 Å². The molecule has 0 saturated heterocycles. The van der Waals surface area contributed by atoms with E-state index in [1.807, 2.05) is 31.3 Å². The van der Waals surface area contributed by atoms with Crippen molar-refractivity contribution in [1.29, 1.82) is 0 Å². The number of unbranched alkanes of at least 4 members (excludes halogenated alkanes) is 9. The van der Waals surface area contributed by atoms with Gasteiger partial charge in [0.15, 0.2) is 0 Å². The van der Waals surface area contributed by atoms with Crippen LogP contribution >= 0.6 is 0 Å². The molecule has 27 heavy (non-hydrogen) atoms. The number of likely N-dealkylation sites (N-methyl/N-ethyl adjacent to an activating group) is 1. The first-order valence-electron chi connectivity index (χ1n) is 10.7. The highest BCUT2D eigenvalue weighted by molar-refractivity contribution is 5.65. The fourth-order valence-corrected chi connectivity index (χ4v) is 3.97. The third kappa shape index (κ3) is 9.23. The van der Waals surface area contributed by atoms with E-state index in [1.165, 1.54) is 51.4 Å². The molecule has 0 saturated carbocycles. The molecule has 0 aliphatic heterocycles. The Labute approximate surface area is 166 Å². The van der Waals surface area contributed by atoms with Gasteiger partial charge in [-0.1, -0.05) is 95.2 Å². The number of benzene rings is 1. The molecule has 1 aromatic rings. The molecule has 1 rings (SSSR count). The number of carbonyl (C=O) groups excluding carboxylic acids is 1. The molecule has 0 N–H and O–H groups in total. The quantitative estimate of drug-likeness (QED) is 0.232. The molecule has 0 aliphatic rings. The number of hydrogen-bond donors (Lipinski definition) is 0. The van der Waals surface area contributed by atoms with Crippen LogP contribution in [0.2, 0.25) is 0 Å². The van der Waals surface area contributed by atoms with E-state index in [0.717, 1.165) is 24.9 Å². The second-order valence-electron chi connectivity index (χ2n) is 8.01. The number of carboxylic acids is 1. The van der Waals surface area contributed by atoms with Crippen LogP contribution in [0.1, 0.15) is 82.7 Å². The van der Waals surface area contributed by atoms with Crippen molar-refractivity contribution >= 4 is 5.97 Å². The lowest BCUT2D eigenvalue weighted by molar-refractivity contribution is -0.927. The van der Waals surface area contributed by atoms with Crippen LogP contribution < -0.4 is 5.11 Å². The minimum absolute atomic E-state index is 0.0169. The first-order chi connectivity index (χ1) is 13.0. The first kappa shape index (κ1) is 23.4. The summed E-state index contributed by atoms with van der Waals surface area (Å²) in [6, 6.07) is 10.1.